The van der Waals surface area contributed by atoms with Crippen LogP contribution in [-0.2, 0) is 11.2 Å². The van der Waals surface area contributed by atoms with Gasteiger partial charge in [-0.15, -0.1) is 0 Å². The van der Waals surface area contributed by atoms with Crippen molar-refractivity contribution in [3.05, 3.63) is 42.4 Å². The third-order valence-corrected chi connectivity index (χ3v) is 3.23. The van der Waals surface area contributed by atoms with Crippen molar-refractivity contribution in [2.24, 2.45) is 0 Å². The Kier molecular flexibility index (Phi) is 6.64. The van der Waals surface area contributed by atoms with Gasteiger partial charge >= 0.3 is 0 Å². The summed E-state index contributed by atoms with van der Waals surface area (Å²) in [5, 5.41) is 6.12. The third kappa shape index (κ3) is 5.33. The Morgan fingerprint density at radius 1 is 1.18 bits per heavy atom. The second-order valence-electron chi connectivity index (χ2n) is 5.08. The Bertz CT molecular complexity index is 566. The number of benzene rings is 1. The van der Waals surface area contributed by atoms with E-state index in [0.29, 0.717) is 25.3 Å². The number of aryl methyl sites for hydroxylation is 1. The van der Waals surface area contributed by atoms with E-state index in [2.05, 4.69) is 22.5 Å². The quantitative estimate of drug-likeness (QED) is 0.698. The first-order chi connectivity index (χ1) is 10.8. The topological polar surface area (TPSA) is 67.2 Å². The largest absolute Gasteiger partial charge is 0.441 e. The summed E-state index contributed by atoms with van der Waals surface area (Å²) in [5.74, 6) is 1.36. The zero-order valence-corrected chi connectivity index (χ0v) is 13.0. The van der Waals surface area contributed by atoms with Gasteiger partial charge in [0.25, 0.3) is 0 Å². The van der Waals surface area contributed by atoms with Gasteiger partial charge in [-0.1, -0.05) is 37.3 Å². The van der Waals surface area contributed by atoms with Crippen molar-refractivity contribution >= 4 is 5.91 Å². The molecular formula is C17H23N3O2. The van der Waals surface area contributed by atoms with Crippen molar-refractivity contribution in [3.63, 3.8) is 0 Å². The van der Waals surface area contributed by atoms with Crippen LogP contribution in [0.3, 0.4) is 0 Å². The van der Waals surface area contributed by atoms with Crippen LogP contribution in [0.15, 0.2) is 40.9 Å². The zero-order valence-electron chi connectivity index (χ0n) is 13.0. The second kappa shape index (κ2) is 9.00. The van der Waals surface area contributed by atoms with Gasteiger partial charge in [0.1, 0.15) is 0 Å². The number of carbonyl (C=O) groups excluding carboxylic acids is 1. The van der Waals surface area contributed by atoms with Crippen molar-refractivity contribution in [2.75, 3.05) is 19.6 Å². The van der Waals surface area contributed by atoms with Gasteiger partial charge in [-0.05, 0) is 13.0 Å². The predicted octanol–water partition coefficient (Wildman–Crippen LogP) is 2.39. The number of hydrogen-bond donors (Lipinski definition) is 2. The number of nitrogens with one attached hydrogen (secondary N) is 2. The van der Waals surface area contributed by atoms with E-state index in [1.54, 1.807) is 6.20 Å². The van der Waals surface area contributed by atoms with Crippen LogP contribution in [0.2, 0.25) is 0 Å². The van der Waals surface area contributed by atoms with Gasteiger partial charge in [-0.2, -0.15) is 0 Å². The maximum absolute atomic E-state index is 11.7. The second-order valence-corrected chi connectivity index (χ2v) is 5.08. The van der Waals surface area contributed by atoms with Crippen molar-refractivity contribution < 1.29 is 9.21 Å². The Labute approximate surface area is 131 Å². The SMILES string of the molecule is CCCNCCNC(=O)CCc1ncc(-c2ccccc2)o1. The fourth-order valence-electron chi connectivity index (χ4n) is 2.06. The van der Waals surface area contributed by atoms with Crippen LogP contribution >= 0.6 is 0 Å². The van der Waals surface area contributed by atoms with Crippen LogP contribution in [0.4, 0.5) is 0 Å². The molecule has 118 valence electrons. The number of aromatic nitrogens is 1. The summed E-state index contributed by atoms with van der Waals surface area (Å²) in [6, 6.07) is 9.82. The minimum Gasteiger partial charge on any atom is -0.441 e. The van der Waals surface area contributed by atoms with E-state index in [4.69, 9.17) is 4.42 Å². The smallest absolute Gasteiger partial charge is 0.220 e. The molecule has 5 nitrogen and oxygen atoms in total. The van der Waals surface area contributed by atoms with Gasteiger partial charge in [0.2, 0.25) is 5.91 Å². The van der Waals surface area contributed by atoms with E-state index < -0.39 is 0 Å². The Morgan fingerprint density at radius 3 is 2.77 bits per heavy atom. The van der Waals surface area contributed by atoms with Gasteiger partial charge in [-0.3, -0.25) is 4.79 Å². The molecule has 0 aliphatic carbocycles. The van der Waals surface area contributed by atoms with Crippen LogP contribution in [0.1, 0.15) is 25.7 Å². The van der Waals surface area contributed by atoms with E-state index >= 15 is 0 Å². The highest BCUT2D eigenvalue weighted by atomic mass is 16.4. The maximum atomic E-state index is 11.7. The van der Waals surface area contributed by atoms with Crippen molar-refractivity contribution in [1.82, 2.24) is 15.6 Å². The van der Waals surface area contributed by atoms with Crippen LogP contribution in [0.25, 0.3) is 11.3 Å². The molecule has 0 aliphatic heterocycles. The number of rotatable bonds is 9. The molecule has 1 amide bonds. The van der Waals surface area contributed by atoms with Crippen LogP contribution in [0.5, 0.6) is 0 Å². The normalized spacial score (nSPS) is 10.6. The first kappa shape index (κ1) is 16.2. The van der Waals surface area contributed by atoms with Crippen LogP contribution in [-0.4, -0.2) is 30.5 Å². The number of amides is 1. The molecule has 0 aliphatic rings. The highest BCUT2D eigenvalue weighted by Gasteiger charge is 2.08. The molecule has 2 aromatic rings. The molecule has 0 bridgehead atoms. The lowest BCUT2D eigenvalue weighted by atomic mass is 10.2. The van der Waals surface area contributed by atoms with Crippen molar-refractivity contribution in [2.45, 2.75) is 26.2 Å². The Hall–Kier alpha value is -2.14. The molecular weight excluding hydrogens is 278 g/mol. The molecule has 2 N–H and O–H groups in total. The molecule has 0 radical (unpaired) electrons. The molecule has 2 rings (SSSR count). The summed E-state index contributed by atoms with van der Waals surface area (Å²) in [5.41, 5.74) is 0.993. The molecule has 1 aromatic carbocycles. The number of hydrogen-bond acceptors (Lipinski definition) is 4. The molecule has 0 fully saturated rings. The molecule has 0 unspecified atom stereocenters. The Morgan fingerprint density at radius 2 is 2.00 bits per heavy atom. The molecule has 0 spiro atoms. The van der Waals surface area contributed by atoms with Gasteiger partial charge in [0.05, 0.1) is 6.20 Å². The summed E-state index contributed by atoms with van der Waals surface area (Å²) in [6.45, 7) is 4.55. The maximum Gasteiger partial charge on any atom is 0.220 e. The number of nitrogens with zero attached hydrogens (tertiary/aromatic N) is 1. The third-order valence-electron chi connectivity index (χ3n) is 3.23. The molecule has 5 heteroatoms. The van der Waals surface area contributed by atoms with Gasteiger partial charge in [-0.25, -0.2) is 4.98 Å². The highest BCUT2D eigenvalue weighted by Crippen LogP contribution is 2.20. The van der Waals surface area contributed by atoms with Crippen molar-refractivity contribution in [3.8, 4) is 11.3 Å². The average molecular weight is 301 g/mol. The fraction of sp³-hybridized carbons (Fsp3) is 0.412. The minimum absolute atomic E-state index is 0.0257. The average Bonchev–Trinajstić information content (AvgIpc) is 3.02. The summed E-state index contributed by atoms with van der Waals surface area (Å²) >= 11 is 0. The van der Waals surface area contributed by atoms with E-state index in [9.17, 15) is 4.79 Å². The first-order valence-electron chi connectivity index (χ1n) is 7.77. The molecule has 0 saturated heterocycles. The van der Waals surface area contributed by atoms with Gasteiger partial charge < -0.3 is 15.1 Å². The van der Waals surface area contributed by atoms with E-state index in [1.165, 1.54) is 0 Å². The molecule has 1 heterocycles. The van der Waals surface area contributed by atoms with Gasteiger partial charge in [0, 0.05) is 31.5 Å². The first-order valence-corrected chi connectivity index (χ1v) is 7.77. The number of carbonyl (C=O) groups is 1. The highest BCUT2D eigenvalue weighted by molar-refractivity contribution is 5.76. The standard InChI is InChI=1S/C17H23N3O2/c1-2-10-18-11-12-19-16(21)8-9-17-20-13-15(22-17)14-6-4-3-5-7-14/h3-7,13,18H,2,8-12H2,1H3,(H,19,21). The lowest BCUT2D eigenvalue weighted by Gasteiger charge is -2.05. The van der Waals surface area contributed by atoms with E-state index in [1.807, 2.05) is 30.3 Å². The summed E-state index contributed by atoms with van der Waals surface area (Å²) in [6.07, 6.45) is 3.71. The van der Waals surface area contributed by atoms with E-state index in [-0.39, 0.29) is 5.91 Å². The monoisotopic (exact) mass is 301 g/mol. The van der Waals surface area contributed by atoms with Crippen LogP contribution in [0, 0.1) is 0 Å². The summed E-state index contributed by atoms with van der Waals surface area (Å²) in [7, 11) is 0. The molecule has 0 atom stereocenters. The molecule has 1 aromatic heterocycles. The molecule has 0 saturated carbocycles. The predicted molar refractivity (Wildman–Crippen MR) is 86.4 cm³/mol. The fourth-order valence-corrected chi connectivity index (χ4v) is 2.06. The summed E-state index contributed by atoms with van der Waals surface area (Å²) < 4.78 is 5.67. The van der Waals surface area contributed by atoms with Crippen LogP contribution < -0.4 is 10.6 Å². The number of oxazole rings is 1. The summed E-state index contributed by atoms with van der Waals surface area (Å²) in [4.78, 5) is 15.9. The lowest BCUT2D eigenvalue weighted by molar-refractivity contribution is -0.121. The molecule has 22 heavy (non-hydrogen) atoms. The van der Waals surface area contributed by atoms with Crippen molar-refractivity contribution in [1.29, 1.82) is 0 Å². The zero-order chi connectivity index (χ0) is 15.6. The Balaban J connectivity index is 1.71. The minimum atomic E-state index is 0.0257. The van der Waals surface area contributed by atoms with Gasteiger partial charge in [0.15, 0.2) is 11.7 Å². The van der Waals surface area contributed by atoms with E-state index in [0.717, 1.165) is 30.8 Å². The lowest BCUT2D eigenvalue weighted by Crippen LogP contribution is -2.32.